The first-order chi connectivity index (χ1) is 12.7. The second-order valence-electron chi connectivity index (χ2n) is 6.69. The van der Waals surface area contributed by atoms with Crippen LogP contribution in [0.5, 0.6) is 11.5 Å². The maximum absolute atomic E-state index is 5.83. The highest BCUT2D eigenvalue weighted by Gasteiger charge is 2.25. The number of anilines is 1. The van der Waals surface area contributed by atoms with Gasteiger partial charge in [0.25, 0.3) is 0 Å². The summed E-state index contributed by atoms with van der Waals surface area (Å²) in [7, 11) is 3.36. The number of benzene rings is 2. The van der Waals surface area contributed by atoms with Gasteiger partial charge in [-0.3, -0.25) is 4.98 Å². The summed E-state index contributed by atoms with van der Waals surface area (Å²) in [6.07, 6.45) is 5.71. The fourth-order valence-corrected chi connectivity index (χ4v) is 3.61. The quantitative estimate of drug-likeness (QED) is 0.683. The van der Waals surface area contributed by atoms with Crippen LogP contribution in [0.1, 0.15) is 31.0 Å². The molecule has 0 saturated heterocycles. The molecule has 0 spiro atoms. The van der Waals surface area contributed by atoms with Crippen LogP contribution in [0.2, 0.25) is 0 Å². The third kappa shape index (κ3) is 2.41. The Labute approximate surface area is 153 Å². The van der Waals surface area contributed by atoms with Crippen LogP contribution in [0.25, 0.3) is 28.0 Å². The van der Waals surface area contributed by atoms with E-state index in [4.69, 9.17) is 9.47 Å². The molecule has 0 atom stereocenters. The molecule has 2 aromatic carbocycles. The van der Waals surface area contributed by atoms with E-state index in [1.165, 1.54) is 5.56 Å². The van der Waals surface area contributed by atoms with Crippen LogP contribution in [0.3, 0.4) is 0 Å². The second kappa shape index (κ2) is 6.37. The molecule has 4 heteroatoms. The van der Waals surface area contributed by atoms with Crippen molar-refractivity contribution in [3.63, 3.8) is 0 Å². The van der Waals surface area contributed by atoms with Crippen molar-refractivity contribution in [3.05, 3.63) is 54.0 Å². The number of nitrogens with one attached hydrogen (secondary N) is 1. The minimum atomic E-state index is 0.453. The Kier molecular flexibility index (Phi) is 4.03. The molecule has 0 bridgehead atoms. The average molecular weight is 346 g/mol. The van der Waals surface area contributed by atoms with Gasteiger partial charge in [0.15, 0.2) is 11.5 Å². The summed E-state index contributed by atoms with van der Waals surface area (Å²) in [5.74, 6) is 1.88. The zero-order valence-electron chi connectivity index (χ0n) is 15.5. The molecule has 4 rings (SSSR count). The topological polar surface area (TPSA) is 43.4 Å². The highest BCUT2D eigenvalue weighted by molar-refractivity contribution is 6.13. The molecule has 2 heterocycles. The standard InChI is InChI=1S/C22H22N2O2/c1-13(2)14-6-5-7-15(12-14)18-16-8-10-23-17-9-11-24-20(19(16)17)22(26-4)21(18)25-3/h5-13,24H,1-4H3. The van der Waals surface area contributed by atoms with Crippen molar-refractivity contribution in [2.24, 2.45) is 0 Å². The van der Waals surface area contributed by atoms with Crippen LogP contribution < -0.4 is 14.8 Å². The number of rotatable bonds is 4. The Bertz CT molecular complexity index is 1020. The van der Waals surface area contributed by atoms with Crippen molar-refractivity contribution in [1.82, 2.24) is 4.98 Å². The molecule has 1 aliphatic rings. The molecule has 1 aromatic heterocycles. The first-order valence-electron chi connectivity index (χ1n) is 8.75. The van der Waals surface area contributed by atoms with Gasteiger partial charge in [-0.1, -0.05) is 38.1 Å². The molecule has 1 N–H and O–H groups in total. The SMILES string of the molecule is COc1c(OC)c2c3c(nccc3c1-c1cccc(C(C)C)c1)C=CN2. The molecule has 132 valence electrons. The van der Waals surface area contributed by atoms with E-state index >= 15 is 0 Å². The summed E-state index contributed by atoms with van der Waals surface area (Å²) in [4.78, 5) is 4.53. The predicted molar refractivity (Wildman–Crippen MR) is 107 cm³/mol. The van der Waals surface area contributed by atoms with Gasteiger partial charge < -0.3 is 14.8 Å². The van der Waals surface area contributed by atoms with E-state index in [1.54, 1.807) is 14.2 Å². The second-order valence-corrected chi connectivity index (χ2v) is 6.69. The van der Waals surface area contributed by atoms with E-state index in [0.29, 0.717) is 11.7 Å². The minimum absolute atomic E-state index is 0.453. The maximum Gasteiger partial charge on any atom is 0.185 e. The van der Waals surface area contributed by atoms with Gasteiger partial charge in [-0.05, 0) is 34.6 Å². The lowest BCUT2D eigenvalue weighted by molar-refractivity contribution is 0.358. The molecule has 0 amide bonds. The Morgan fingerprint density at radius 3 is 2.58 bits per heavy atom. The van der Waals surface area contributed by atoms with Gasteiger partial charge in [0.1, 0.15) is 0 Å². The van der Waals surface area contributed by atoms with Gasteiger partial charge in [-0.15, -0.1) is 0 Å². The lowest BCUT2D eigenvalue weighted by Gasteiger charge is -2.23. The molecule has 0 fully saturated rings. The highest BCUT2D eigenvalue weighted by atomic mass is 16.5. The monoisotopic (exact) mass is 346 g/mol. The molecule has 0 unspecified atom stereocenters. The fraction of sp³-hybridized carbons (Fsp3) is 0.227. The molecule has 26 heavy (non-hydrogen) atoms. The van der Waals surface area contributed by atoms with E-state index in [1.807, 2.05) is 24.5 Å². The van der Waals surface area contributed by atoms with Gasteiger partial charge in [0, 0.05) is 23.3 Å². The largest absolute Gasteiger partial charge is 0.492 e. The Balaban J connectivity index is 2.14. The normalized spacial score (nSPS) is 12.3. The zero-order valence-corrected chi connectivity index (χ0v) is 15.5. The molecule has 0 saturated carbocycles. The summed E-state index contributed by atoms with van der Waals surface area (Å²) in [5, 5.41) is 5.45. The first kappa shape index (κ1) is 16.5. The van der Waals surface area contributed by atoms with Gasteiger partial charge in [0.2, 0.25) is 0 Å². The maximum atomic E-state index is 5.83. The third-order valence-electron chi connectivity index (χ3n) is 4.88. The fourth-order valence-electron chi connectivity index (χ4n) is 3.61. The van der Waals surface area contributed by atoms with Crippen LogP contribution in [-0.4, -0.2) is 19.2 Å². The number of hydrogen-bond donors (Lipinski definition) is 1. The van der Waals surface area contributed by atoms with Crippen LogP contribution in [0.15, 0.2) is 42.7 Å². The first-order valence-corrected chi connectivity index (χ1v) is 8.75. The number of hydrogen-bond acceptors (Lipinski definition) is 4. The Hall–Kier alpha value is -3.01. The molecule has 4 nitrogen and oxygen atoms in total. The van der Waals surface area contributed by atoms with E-state index in [2.05, 4.69) is 48.4 Å². The molecule has 0 radical (unpaired) electrons. The predicted octanol–water partition coefficient (Wildman–Crippen LogP) is 5.44. The number of nitrogens with zero attached hydrogens (tertiary/aromatic N) is 1. The minimum Gasteiger partial charge on any atom is -0.492 e. The highest BCUT2D eigenvalue weighted by Crippen LogP contribution is 2.51. The van der Waals surface area contributed by atoms with Crippen LogP contribution in [0.4, 0.5) is 5.69 Å². The molecular weight excluding hydrogens is 324 g/mol. The number of aromatic nitrogens is 1. The van der Waals surface area contributed by atoms with E-state index in [0.717, 1.165) is 39.0 Å². The van der Waals surface area contributed by atoms with E-state index in [9.17, 15) is 0 Å². The van der Waals surface area contributed by atoms with Crippen molar-refractivity contribution >= 4 is 22.5 Å². The van der Waals surface area contributed by atoms with Crippen LogP contribution >= 0.6 is 0 Å². The van der Waals surface area contributed by atoms with Crippen molar-refractivity contribution < 1.29 is 9.47 Å². The lowest BCUT2D eigenvalue weighted by atomic mass is 9.91. The average Bonchev–Trinajstić information content (AvgIpc) is 2.68. The van der Waals surface area contributed by atoms with Gasteiger partial charge >= 0.3 is 0 Å². The Morgan fingerprint density at radius 1 is 1.04 bits per heavy atom. The summed E-state index contributed by atoms with van der Waals surface area (Å²) in [6.45, 7) is 4.40. The van der Waals surface area contributed by atoms with Gasteiger partial charge in [-0.2, -0.15) is 0 Å². The zero-order chi connectivity index (χ0) is 18.3. The van der Waals surface area contributed by atoms with Crippen molar-refractivity contribution in [3.8, 4) is 22.6 Å². The van der Waals surface area contributed by atoms with E-state index in [-0.39, 0.29) is 0 Å². The third-order valence-corrected chi connectivity index (χ3v) is 4.88. The summed E-state index contributed by atoms with van der Waals surface area (Å²) < 4.78 is 11.6. The lowest BCUT2D eigenvalue weighted by Crippen LogP contribution is -2.04. The van der Waals surface area contributed by atoms with Gasteiger partial charge in [-0.25, -0.2) is 0 Å². The number of methoxy groups -OCH3 is 2. The van der Waals surface area contributed by atoms with Crippen LogP contribution in [-0.2, 0) is 0 Å². The van der Waals surface area contributed by atoms with Crippen molar-refractivity contribution in [1.29, 1.82) is 0 Å². The van der Waals surface area contributed by atoms with Gasteiger partial charge in [0.05, 0.1) is 25.6 Å². The summed E-state index contributed by atoms with van der Waals surface area (Å²) in [5.41, 5.74) is 5.27. The summed E-state index contributed by atoms with van der Waals surface area (Å²) in [6, 6.07) is 10.7. The smallest absolute Gasteiger partial charge is 0.185 e. The molecule has 0 aliphatic carbocycles. The molecular formula is C22H22N2O2. The van der Waals surface area contributed by atoms with Crippen molar-refractivity contribution in [2.45, 2.75) is 19.8 Å². The van der Waals surface area contributed by atoms with Crippen LogP contribution in [0, 0.1) is 0 Å². The van der Waals surface area contributed by atoms with E-state index < -0.39 is 0 Å². The Morgan fingerprint density at radius 2 is 1.85 bits per heavy atom. The molecule has 1 aliphatic heterocycles. The van der Waals surface area contributed by atoms with Crippen molar-refractivity contribution in [2.75, 3.05) is 19.5 Å². The number of ether oxygens (including phenoxy) is 2. The number of pyridine rings is 1. The summed E-state index contributed by atoms with van der Waals surface area (Å²) >= 11 is 0. The molecule has 3 aromatic rings.